The number of carbonyl (C=O) groups excluding carboxylic acids is 1. The zero-order chi connectivity index (χ0) is 17.6. The van der Waals surface area contributed by atoms with E-state index in [2.05, 4.69) is 10.3 Å². The van der Waals surface area contributed by atoms with Gasteiger partial charge in [0.1, 0.15) is 22.9 Å². The molecule has 130 valence electrons. The molecule has 1 aromatic heterocycles. The Labute approximate surface area is 134 Å². The fourth-order valence-corrected chi connectivity index (χ4v) is 2.53. The molecule has 1 heterocycles. The van der Waals surface area contributed by atoms with Crippen LogP contribution in [0.3, 0.4) is 0 Å². The molecule has 0 saturated carbocycles. The Hall–Kier alpha value is -1.66. The number of aliphatic hydroxyl groups excluding tert-OH is 4. The molecule has 1 rings (SSSR count). The van der Waals surface area contributed by atoms with Crippen molar-refractivity contribution in [3.63, 3.8) is 0 Å². The van der Waals surface area contributed by atoms with Crippen molar-refractivity contribution in [3.8, 4) is 0 Å². The van der Waals surface area contributed by atoms with E-state index >= 15 is 0 Å². The summed E-state index contributed by atoms with van der Waals surface area (Å²) in [5, 5.41) is 39.6. The summed E-state index contributed by atoms with van der Waals surface area (Å²) >= 11 is 0.799. The van der Waals surface area contributed by atoms with Crippen LogP contribution in [-0.4, -0.2) is 67.0 Å². The van der Waals surface area contributed by atoms with Crippen LogP contribution in [0, 0.1) is 0 Å². The normalized spacial score (nSPS) is 15.0. The molecule has 0 spiro atoms. The molecular weight excluding hydrogens is 330 g/mol. The largest absolute Gasteiger partial charge is 0.394 e. The van der Waals surface area contributed by atoms with Gasteiger partial charge in [-0.1, -0.05) is 6.92 Å². The van der Waals surface area contributed by atoms with E-state index in [1.807, 2.05) is 4.98 Å². The lowest BCUT2D eigenvalue weighted by molar-refractivity contribution is -0.115. The van der Waals surface area contributed by atoms with Gasteiger partial charge in [0.2, 0.25) is 5.91 Å². The first-order valence-electron chi connectivity index (χ1n) is 6.74. The Morgan fingerprint density at radius 2 is 1.87 bits per heavy atom. The van der Waals surface area contributed by atoms with Crippen LogP contribution in [0.5, 0.6) is 0 Å². The van der Waals surface area contributed by atoms with E-state index in [1.165, 1.54) is 0 Å². The Morgan fingerprint density at radius 1 is 1.22 bits per heavy atom. The minimum Gasteiger partial charge on any atom is -0.394 e. The standard InChI is InChI=1S/C12H19N3O7S/c1-2-7(19)13-8-10(21)14-12(22)15-11(8)23-4-6(18)9(20)5(17)3-16/h5-6,9,16-18,20H,2-4H2,1H3,(H,13,19)(H2,14,15,21,22)/t5-,6+,9-/m1/s1. The third-order valence-corrected chi connectivity index (χ3v) is 3.97. The van der Waals surface area contributed by atoms with Gasteiger partial charge < -0.3 is 30.7 Å². The van der Waals surface area contributed by atoms with Gasteiger partial charge in [-0.15, -0.1) is 11.8 Å². The monoisotopic (exact) mass is 349 g/mol. The maximum absolute atomic E-state index is 11.8. The average Bonchev–Trinajstić information content (AvgIpc) is 2.53. The number of aromatic amines is 2. The lowest BCUT2D eigenvalue weighted by atomic mass is 10.1. The van der Waals surface area contributed by atoms with Gasteiger partial charge in [0.15, 0.2) is 0 Å². The first-order chi connectivity index (χ1) is 10.8. The Balaban J connectivity index is 2.93. The number of hydrogen-bond donors (Lipinski definition) is 7. The molecule has 1 aromatic rings. The van der Waals surface area contributed by atoms with E-state index in [1.54, 1.807) is 6.92 Å². The Kier molecular flexibility index (Phi) is 7.45. The molecule has 0 bridgehead atoms. The number of hydrogen-bond acceptors (Lipinski definition) is 8. The highest BCUT2D eigenvalue weighted by molar-refractivity contribution is 7.99. The lowest BCUT2D eigenvalue weighted by Crippen LogP contribution is -2.40. The summed E-state index contributed by atoms with van der Waals surface area (Å²) in [5.74, 6) is -0.646. The quantitative estimate of drug-likeness (QED) is 0.200. The molecule has 1 amide bonds. The van der Waals surface area contributed by atoms with Gasteiger partial charge in [0, 0.05) is 12.2 Å². The zero-order valence-electron chi connectivity index (χ0n) is 12.3. The summed E-state index contributed by atoms with van der Waals surface area (Å²) < 4.78 is 0. The van der Waals surface area contributed by atoms with E-state index < -0.39 is 42.1 Å². The van der Waals surface area contributed by atoms with E-state index in [4.69, 9.17) is 5.11 Å². The SMILES string of the molecule is CCC(=O)Nc1c(SC[C@H](O)[C@H](O)[C@H](O)CO)[nH]c(=O)[nH]c1=O. The van der Waals surface area contributed by atoms with Gasteiger partial charge in [0.05, 0.1) is 12.7 Å². The van der Waals surface area contributed by atoms with Crippen molar-refractivity contribution in [2.24, 2.45) is 0 Å². The maximum Gasteiger partial charge on any atom is 0.326 e. The van der Waals surface area contributed by atoms with E-state index in [-0.39, 0.29) is 22.9 Å². The molecule has 0 aliphatic carbocycles. The first-order valence-corrected chi connectivity index (χ1v) is 7.73. The van der Waals surface area contributed by atoms with Crippen molar-refractivity contribution in [3.05, 3.63) is 20.8 Å². The van der Waals surface area contributed by atoms with Crippen molar-refractivity contribution in [2.45, 2.75) is 36.7 Å². The molecular formula is C12H19N3O7S. The van der Waals surface area contributed by atoms with Crippen molar-refractivity contribution < 1.29 is 25.2 Å². The minimum absolute atomic E-state index is 0.00490. The van der Waals surface area contributed by atoms with Crippen LogP contribution in [-0.2, 0) is 4.79 Å². The second-order valence-electron chi connectivity index (χ2n) is 4.63. The average molecular weight is 349 g/mol. The predicted octanol–water partition coefficient (Wildman–Crippen LogP) is -2.42. The topological polar surface area (TPSA) is 176 Å². The highest BCUT2D eigenvalue weighted by atomic mass is 32.2. The van der Waals surface area contributed by atoms with Crippen LogP contribution in [0.4, 0.5) is 5.69 Å². The maximum atomic E-state index is 11.8. The molecule has 0 unspecified atom stereocenters. The highest BCUT2D eigenvalue weighted by Crippen LogP contribution is 2.22. The molecule has 7 N–H and O–H groups in total. The number of H-pyrrole nitrogens is 2. The highest BCUT2D eigenvalue weighted by Gasteiger charge is 2.25. The van der Waals surface area contributed by atoms with E-state index in [0.717, 1.165) is 11.8 Å². The third kappa shape index (κ3) is 5.48. The van der Waals surface area contributed by atoms with Gasteiger partial charge >= 0.3 is 5.69 Å². The molecule has 0 radical (unpaired) electrons. The molecule has 23 heavy (non-hydrogen) atoms. The number of rotatable bonds is 8. The number of anilines is 1. The predicted molar refractivity (Wildman–Crippen MR) is 82.4 cm³/mol. The zero-order valence-corrected chi connectivity index (χ0v) is 13.1. The second-order valence-corrected chi connectivity index (χ2v) is 5.66. The number of nitrogens with one attached hydrogen (secondary N) is 3. The van der Waals surface area contributed by atoms with Crippen molar-refractivity contribution in [1.29, 1.82) is 0 Å². The van der Waals surface area contributed by atoms with Crippen LogP contribution in [0.15, 0.2) is 14.6 Å². The van der Waals surface area contributed by atoms with Crippen molar-refractivity contribution in [1.82, 2.24) is 9.97 Å². The first kappa shape index (κ1) is 19.4. The summed E-state index contributed by atoms with van der Waals surface area (Å²) in [6, 6.07) is 0. The number of carbonyl (C=O) groups is 1. The van der Waals surface area contributed by atoms with Crippen LogP contribution in [0.1, 0.15) is 13.3 Å². The number of aromatic nitrogens is 2. The van der Waals surface area contributed by atoms with Gasteiger partial charge in [-0.2, -0.15) is 0 Å². The summed E-state index contributed by atoms with van der Waals surface area (Å²) in [6.07, 6.45) is -4.44. The summed E-state index contributed by atoms with van der Waals surface area (Å²) in [5.41, 5.74) is -1.77. The number of aliphatic hydroxyl groups is 4. The molecule has 0 saturated heterocycles. The summed E-state index contributed by atoms with van der Waals surface area (Å²) in [7, 11) is 0. The fraction of sp³-hybridized carbons (Fsp3) is 0.583. The minimum atomic E-state index is -1.60. The van der Waals surface area contributed by atoms with E-state index in [0.29, 0.717) is 0 Å². The number of amides is 1. The fourth-order valence-electron chi connectivity index (χ4n) is 1.55. The third-order valence-electron chi connectivity index (χ3n) is 2.87. The Morgan fingerprint density at radius 3 is 2.43 bits per heavy atom. The van der Waals surface area contributed by atoms with Gasteiger partial charge in [0.25, 0.3) is 5.56 Å². The molecule has 0 aliphatic heterocycles. The number of thioether (sulfide) groups is 1. The molecule has 10 nitrogen and oxygen atoms in total. The van der Waals surface area contributed by atoms with Gasteiger partial charge in [-0.3, -0.25) is 14.6 Å². The Bertz CT molecular complexity index is 644. The molecule has 0 aliphatic rings. The second kappa shape index (κ2) is 8.84. The smallest absolute Gasteiger partial charge is 0.326 e. The molecule has 3 atom stereocenters. The lowest BCUT2D eigenvalue weighted by Gasteiger charge is -2.21. The van der Waals surface area contributed by atoms with Gasteiger partial charge in [-0.05, 0) is 0 Å². The van der Waals surface area contributed by atoms with Crippen LogP contribution in [0.25, 0.3) is 0 Å². The van der Waals surface area contributed by atoms with Crippen LogP contribution in [0.2, 0.25) is 0 Å². The van der Waals surface area contributed by atoms with Gasteiger partial charge in [-0.25, -0.2) is 4.79 Å². The van der Waals surface area contributed by atoms with E-state index in [9.17, 15) is 29.7 Å². The molecule has 0 aromatic carbocycles. The van der Waals surface area contributed by atoms with Crippen molar-refractivity contribution in [2.75, 3.05) is 17.7 Å². The van der Waals surface area contributed by atoms with Crippen LogP contribution >= 0.6 is 11.8 Å². The summed E-state index contributed by atoms with van der Waals surface area (Å²) in [6.45, 7) is 0.848. The van der Waals surface area contributed by atoms with Crippen molar-refractivity contribution >= 4 is 23.4 Å². The molecule has 11 heteroatoms. The van der Waals surface area contributed by atoms with Crippen LogP contribution < -0.4 is 16.6 Å². The summed E-state index contributed by atoms with van der Waals surface area (Å²) in [4.78, 5) is 38.8. The molecule has 0 fully saturated rings.